The van der Waals surface area contributed by atoms with Gasteiger partial charge in [-0.25, -0.2) is 8.42 Å². The zero-order chi connectivity index (χ0) is 21.1. The molecule has 0 spiro atoms. The van der Waals surface area contributed by atoms with E-state index >= 15 is 0 Å². The standard InChI is InChI=1S/C23H22N2O4S/c1-29-21-9-5-4-8-20(21)25-23(26)17-10-13-18(14-11-17)30(27,28)22-15-12-16-6-2-3-7-19(16)24-22/h2-11,13-14,22,24H,12,15H2,1H3,(H,25,26). The van der Waals surface area contributed by atoms with Crippen LogP contribution in [0.3, 0.4) is 0 Å². The van der Waals surface area contributed by atoms with Crippen LogP contribution < -0.4 is 15.4 Å². The van der Waals surface area contributed by atoms with Gasteiger partial charge in [0.25, 0.3) is 5.91 Å². The number of rotatable bonds is 5. The highest BCUT2D eigenvalue weighted by Gasteiger charge is 2.30. The van der Waals surface area contributed by atoms with E-state index in [1.807, 2.05) is 30.3 Å². The van der Waals surface area contributed by atoms with Crippen LogP contribution in [0.15, 0.2) is 77.7 Å². The minimum atomic E-state index is -3.58. The topological polar surface area (TPSA) is 84.5 Å². The Kier molecular flexibility index (Phi) is 5.46. The predicted molar refractivity (Wildman–Crippen MR) is 117 cm³/mol. The Morgan fingerprint density at radius 3 is 2.47 bits per heavy atom. The number of hydrogen-bond donors (Lipinski definition) is 2. The third kappa shape index (κ3) is 3.89. The average molecular weight is 423 g/mol. The summed E-state index contributed by atoms with van der Waals surface area (Å²) in [7, 11) is -2.05. The number of carbonyl (C=O) groups is 1. The van der Waals surface area contributed by atoms with E-state index in [0.29, 0.717) is 29.8 Å². The van der Waals surface area contributed by atoms with Gasteiger partial charge in [-0.05, 0) is 60.9 Å². The normalized spacial score (nSPS) is 15.6. The molecule has 0 fully saturated rings. The molecule has 4 rings (SSSR count). The highest BCUT2D eigenvalue weighted by Crippen LogP contribution is 2.30. The summed E-state index contributed by atoms with van der Waals surface area (Å²) in [4.78, 5) is 12.7. The molecule has 30 heavy (non-hydrogen) atoms. The maximum absolute atomic E-state index is 13.1. The molecule has 1 aliphatic rings. The number of para-hydroxylation sites is 3. The SMILES string of the molecule is COc1ccccc1NC(=O)c1ccc(S(=O)(=O)C2CCc3ccccc3N2)cc1. The monoisotopic (exact) mass is 422 g/mol. The summed E-state index contributed by atoms with van der Waals surface area (Å²) >= 11 is 0. The van der Waals surface area contributed by atoms with Crippen molar-refractivity contribution in [3.8, 4) is 5.75 Å². The molecule has 0 saturated heterocycles. The fourth-order valence-electron chi connectivity index (χ4n) is 3.55. The van der Waals surface area contributed by atoms with Crippen molar-refractivity contribution in [3.05, 3.63) is 83.9 Å². The number of amides is 1. The van der Waals surface area contributed by atoms with Crippen LogP contribution in [0, 0.1) is 0 Å². The summed E-state index contributed by atoms with van der Waals surface area (Å²) in [5, 5.41) is 5.23. The molecule has 154 valence electrons. The Morgan fingerprint density at radius 2 is 1.70 bits per heavy atom. The lowest BCUT2D eigenvalue weighted by atomic mass is 10.0. The molecule has 1 unspecified atom stereocenters. The van der Waals surface area contributed by atoms with Crippen molar-refractivity contribution in [1.29, 1.82) is 0 Å². The van der Waals surface area contributed by atoms with Crippen LogP contribution in [0.25, 0.3) is 0 Å². The van der Waals surface area contributed by atoms with E-state index in [1.54, 1.807) is 18.2 Å². The van der Waals surface area contributed by atoms with Gasteiger partial charge in [-0.2, -0.15) is 0 Å². The molecule has 2 N–H and O–H groups in total. The highest BCUT2D eigenvalue weighted by atomic mass is 32.2. The van der Waals surface area contributed by atoms with Crippen LogP contribution >= 0.6 is 0 Å². The Labute approximate surface area is 175 Å². The Hall–Kier alpha value is -3.32. The first-order valence-electron chi connectivity index (χ1n) is 9.62. The van der Waals surface area contributed by atoms with Gasteiger partial charge in [0.05, 0.1) is 17.7 Å². The van der Waals surface area contributed by atoms with Crippen molar-refractivity contribution in [2.24, 2.45) is 0 Å². The molecule has 1 atom stereocenters. The summed E-state index contributed by atoms with van der Waals surface area (Å²) in [6.45, 7) is 0. The predicted octanol–water partition coefficient (Wildman–Crippen LogP) is 4.11. The molecule has 3 aromatic carbocycles. The first-order valence-corrected chi connectivity index (χ1v) is 11.2. The summed E-state index contributed by atoms with van der Waals surface area (Å²) in [5.41, 5.74) is 2.88. The lowest BCUT2D eigenvalue weighted by Crippen LogP contribution is -2.33. The molecule has 0 bridgehead atoms. The number of carbonyl (C=O) groups excluding carboxylic acids is 1. The van der Waals surface area contributed by atoms with Crippen molar-refractivity contribution in [1.82, 2.24) is 0 Å². The second-order valence-electron chi connectivity index (χ2n) is 7.05. The summed E-state index contributed by atoms with van der Waals surface area (Å²) < 4.78 is 31.4. The largest absolute Gasteiger partial charge is 0.495 e. The van der Waals surface area contributed by atoms with E-state index in [4.69, 9.17) is 4.74 Å². The van der Waals surface area contributed by atoms with Crippen molar-refractivity contribution in [2.75, 3.05) is 17.7 Å². The van der Waals surface area contributed by atoms with Gasteiger partial charge in [0.1, 0.15) is 11.1 Å². The number of methoxy groups -OCH3 is 1. The number of nitrogens with one attached hydrogen (secondary N) is 2. The minimum Gasteiger partial charge on any atom is -0.495 e. The smallest absolute Gasteiger partial charge is 0.255 e. The summed E-state index contributed by atoms with van der Waals surface area (Å²) in [6.07, 6.45) is 1.20. The Balaban J connectivity index is 1.51. The van der Waals surface area contributed by atoms with Gasteiger partial charge in [-0.1, -0.05) is 30.3 Å². The number of anilines is 2. The first kappa shape index (κ1) is 20.0. The quantitative estimate of drug-likeness (QED) is 0.647. The molecule has 6 nitrogen and oxygen atoms in total. The number of ether oxygens (including phenoxy) is 1. The van der Waals surface area contributed by atoms with Crippen molar-refractivity contribution in [3.63, 3.8) is 0 Å². The molecular formula is C23H22N2O4S. The second-order valence-corrected chi connectivity index (χ2v) is 9.18. The number of aryl methyl sites for hydroxylation is 1. The number of hydrogen-bond acceptors (Lipinski definition) is 5. The fraction of sp³-hybridized carbons (Fsp3) is 0.174. The molecule has 1 aliphatic heterocycles. The Morgan fingerprint density at radius 1 is 1.00 bits per heavy atom. The second kappa shape index (κ2) is 8.20. The molecule has 0 aromatic heterocycles. The fourth-order valence-corrected chi connectivity index (χ4v) is 5.10. The van der Waals surface area contributed by atoms with Gasteiger partial charge in [0.2, 0.25) is 0 Å². The highest BCUT2D eigenvalue weighted by molar-refractivity contribution is 7.92. The lowest BCUT2D eigenvalue weighted by Gasteiger charge is -2.26. The van der Waals surface area contributed by atoms with Crippen molar-refractivity contribution < 1.29 is 17.9 Å². The number of sulfone groups is 1. The van der Waals surface area contributed by atoms with Crippen LogP contribution in [0.5, 0.6) is 5.75 Å². The van der Waals surface area contributed by atoms with Crippen molar-refractivity contribution in [2.45, 2.75) is 23.1 Å². The van der Waals surface area contributed by atoms with E-state index in [2.05, 4.69) is 10.6 Å². The van der Waals surface area contributed by atoms with Gasteiger partial charge in [-0.3, -0.25) is 4.79 Å². The maximum Gasteiger partial charge on any atom is 0.255 e. The summed E-state index contributed by atoms with van der Waals surface area (Å²) in [5.74, 6) is 0.210. The van der Waals surface area contributed by atoms with Crippen LogP contribution in [-0.2, 0) is 16.3 Å². The first-order chi connectivity index (χ1) is 14.5. The molecule has 1 amide bonds. The number of benzene rings is 3. The van der Waals surface area contributed by atoms with E-state index in [1.165, 1.54) is 31.4 Å². The van der Waals surface area contributed by atoms with Gasteiger partial charge >= 0.3 is 0 Å². The molecule has 1 heterocycles. The minimum absolute atomic E-state index is 0.188. The van der Waals surface area contributed by atoms with Crippen LogP contribution in [-0.4, -0.2) is 26.8 Å². The zero-order valence-corrected chi connectivity index (χ0v) is 17.3. The van der Waals surface area contributed by atoms with Gasteiger partial charge in [0.15, 0.2) is 9.84 Å². The van der Waals surface area contributed by atoms with E-state index in [-0.39, 0.29) is 10.8 Å². The molecule has 7 heteroatoms. The lowest BCUT2D eigenvalue weighted by molar-refractivity contribution is 0.102. The van der Waals surface area contributed by atoms with E-state index in [0.717, 1.165) is 11.3 Å². The third-order valence-electron chi connectivity index (χ3n) is 5.18. The van der Waals surface area contributed by atoms with Gasteiger partial charge in [0, 0.05) is 11.3 Å². The molecule has 0 radical (unpaired) electrons. The number of fused-ring (bicyclic) bond motifs is 1. The molecule has 3 aromatic rings. The van der Waals surface area contributed by atoms with E-state index in [9.17, 15) is 13.2 Å². The molecular weight excluding hydrogens is 400 g/mol. The molecule has 0 saturated carbocycles. The van der Waals surface area contributed by atoms with E-state index < -0.39 is 15.2 Å². The zero-order valence-electron chi connectivity index (χ0n) is 16.5. The maximum atomic E-state index is 13.1. The third-order valence-corrected chi connectivity index (χ3v) is 7.22. The Bertz CT molecular complexity index is 1170. The van der Waals surface area contributed by atoms with Crippen LogP contribution in [0.1, 0.15) is 22.3 Å². The molecule has 0 aliphatic carbocycles. The van der Waals surface area contributed by atoms with Crippen LogP contribution in [0.4, 0.5) is 11.4 Å². The van der Waals surface area contributed by atoms with Crippen LogP contribution in [0.2, 0.25) is 0 Å². The summed E-state index contributed by atoms with van der Waals surface area (Å²) in [6, 6.07) is 20.8. The van der Waals surface area contributed by atoms with Gasteiger partial charge < -0.3 is 15.4 Å². The average Bonchev–Trinajstić information content (AvgIpc) is 2.79. The van der Waals surface area contributed by atoms with Crippen molar-refractivity contribution >= 4 is 27.1 Å². The van der Waals surface area contributed by atoms with Gasteiger partial charge in [-0.15, -0.1) is 0 Å².